The highest BCUT2D eigenvalue weighted by atomic mass is 35.5. The van der Waals surface area contributed by atoms with Crippen LogP contribution < -0.4 is 5.32 Å². The van der Waals surface area contributed by atoms with Crippen LogP contribution in [0.15, 0.2) is 18.2 Å². The number of hydrogen-bond donors (Lipinski definition) is 1. The molecule has 1 aromatic rings. The van der Waals surface area contributed by atoms with Gasteiger partial charge in [-0.2, -0.15) is 0 Å². The van der Waals surface area contributed by atoms with E-state index in [2.05, 4.69) is 5.32 Å². The third-order valence-corrected chi connectivity index (χ3v) is 2.99. The third-order valence-electron chi connectivity index (χ3n) is 2.77. The van der Waals surface area contributed by atoms with E-state index in [1.165, 1.54) is 0 Å². The molecule has 0 aliphatic rings. The largest absolute Gasteiger partial charge is 0.352 e. The standard InChI is InChI=1S/C13H16ClF2NO/c1-2-9(3-4-14)8-17-13(18)10-5-11(15)7-12(16)6-10/h5-7,9H,2-4,8H2,1H3,(H,17,18). The summed E-state index contributed by atoms with van der Waals surface area (Å²) in [6.45, 7) is 2.46. The highest BCUT2D eigenvalue weighted by Gasteiger charge is 2.11. The van der Waals surface area contributed by atoms with Gasteiger partial charge >= 0.3 is 0 Å². The molecule has 0 saturated heterocycles. The summed E-state index contributed by atoms with van der Waals surface area (Å²) in [5.41, 5.74) is -0.00627. The normalized spacial score (nSPS) is 12.2. The molecule has 1 aromatic carbocycles. The van der Waals surface area contributed by atoms with Gasteiger partial charge in [0.2, 0.25) is 0 Å². The number of halogens is 3. The molecule has 5 heteroatoms. The first-order chi connectivity index (χ1) is 8.56. The molecule has 1 N–H and O–H groups in total. The zero-order chi connectivity index (χ0) is 13.5. The molecule has 0 fully saturated rings. The van der Waals surface area contributed by atoms with Gasteiger partial charge in [-0.05, 0) is 24.5 Å². The average molecular weight is 276 g/mol. The second kappa shape index (κ2) is 7.31. The molecule has 0 saturated carbocycles. The first-order valence-electron chi connectivity index (χ1n) is 5.87. The van der Waals surface area contributed by atoms with Gasteiger partial charge in [-0.1, -0.05) is 13.3 Å². The molecule has 2 nitrogen and oxygen atoms in total. The zero-order valence-electron chi connectivity index (χ0n) is 10.2. The minimum Gasteiger partial charge on any atom is -0.352 e. The van der Waals surface area contributed by atoms with Gasteiger partial charge in [0.15, 0.2) is 0 Å². The van der Waals surface area contributed by atoms with Crippen molar-refractivity contribution >= 4 is 17.5 Å². The van der Waals surface area contributed by atoms with Gasteiger partial charge in [-0.15, -0.1) is 11.6 Å². The molecule has 1 rings (SSSR count). The molecule has 1 unspecified atom stereocenters. The summed E-state index contributed by atoms with van der Waals surface area (Å²) >= 11 is 5.64. The van der Waals surface area contributed by atoms with Crippen LogP contribution in [-0.2, 0) is 0 Å². The maximum atomic E-state index is 12.9. The summed E-state index contributed by atoms with van der Waals surface area (Å²) in [6.07, 6.45) is 1.69. The van der Waals surface area contributed by atoms with E-state index in [9.17, 15) is 13.6 Å². The fourth-order valence-corrected chi connectivity index (χ4v) is 1.94. The molecule has 0 radical (unpaired) electrons. The Morgan fingerprint density at radius 3 is 2.44 bits per heavy atom. The van der Waals surface area contributed by atoms with E-state index >= 15 is 0 Å². The van der Waals surface area contributed by atoms with Gasteiger partial charge in [0.1, 0.15) is 11.6 Å². The Kier molecular flexibility index (Phi) is 6.05. The van der Waals surface area contributed by atoms with E-state index in [1.54, 1.807) is 0 Å². The number of carbonyl (C=O) groups is 1. The van der Waals surface area contributed by atoms with Crippen molar-refractivity contribution in [1.29, 1.82) is 0 Å². The van der Waals surface area contributed by atoms with Crippen molar-refractivity contribution < 1.29 is 13.6 Å². The van der Waals surface area contributed by atoms with Crippen molar-refractivity contribution in [3.63, 3.8) is 0 Å². The minimum atomic E-state index is -0.757. The summed E-state index contributed by atoms with van der Waals surface area (Å²) in [4.78, 5) is 11.7. The molecule has 0 bridgehead atoms. The lowest BCUT2D eigenvalue weighted by molar-refractivity contribution is 0.0945. The van der Waals surface area contributed by atoms with Crippen LogP contribution in [-0.4, -0.2) is 18.3 Å². The number of carbonyl (C=O) groups excluding carboxylic acids is 1. The maximum Gasteiger partial charge on any atom is 0.251 e. The Labute approximate surface area is 110 Å². The van der Waals surface area contributed by atoms with Crippen LogP contribution in [0.25, 0.3) is 0 Å². The van der Waals surface area contributed by atoms with Crippen molar-refractivity contribution in [2.75, 3.05) is 12.4 Å². The van der Waals surface area contributed by atoms with Crippen molar-refractivity contribution in [2.24, 2.45) is 5.92 Å². The molecular formula is C13H16ClF2NO. The highest BCUT2D eigenvalue weighted by molar-refractivity contribution is 6.17. The van der Waals surface area contributed by atoms with Gasteiger partial charge < -0.3 is 5.32 Å². The number of hydrogen-bond acceptors (Lipinski definition) is 1. The monoisotopic (exact) mass is 275 g/mol. The van der Waals surface area contributed by atoms with E-state index in [4.69, 9.17) is 11.6 Å². The van der Waals surface area contributed by atoms with Crippen molar-refractivity contribution in [3.05, 3.63) is 35.4 Å². The lowest BCUT2D eigenvalue weighted by Gasteiger charge is -2.14. The first kappa shape index (κ1) is 14.9. The average Bonchev–Trinajstić information content (AvgIpc) is 2.32. The second-order valence-corrected chi connectivity index (χ2v) is 4.50. The predicted octanol–water partition coefficient (Wildman–Crippen LogP) is 3.35. The molecule has 18 heavy (non-hydrogen) atoms. The molecule has 0 aliphatic heterocycles. The van der Waals surface area contributed by atoms with E-state index in [-0.39, 0.29) is 11.5 Å². The topological polar surface area (TPSA) is 29.1 Å². The summed E-state index contributed by atoms with van der Waals surface area (Å²) in [5, 5.41) is 2.66. The Morgan fingerprint density at radius 1 is 1.33 bits per heavy atom. The van der Waals surface area contributed by atoms with E-state index < -0.39 is 17.5 Å². The first-order valence-corrected chi connectivity index (χ1v) is 6.40. The lowest BCUT2D eigenvalue weighted by atomic mass is 10.0. The van der Waals surface area contributed by atoms with Gasteiger partial charge in [-0.3, -0.25) is 4.79 Å². The minimum absolute atomic E-state index is 0.00627. The summed E-state index contributed by atoms with van der Waals surface area (Å²) in [7, 11) is 0. The number of alkyl halides is 1. The molecule has 0 heterocycles. The van der Waals surface area contributed by atoms with Crippen LogP contribution in [0.3, 0.4) is 0 Å². The van der Waals surface area contributed by atoms with Crippen molar-refractivity contribution in [1.82, 2.24) is 5.32 Å². The van der Waals surface area contributed by atoms with Crippen LogP contribution in [0.5, 0.6) is 0 Å². The summed E-state index contributed by atoms with van der Waals surface area (Å²) in [5.74, 6) is -1.17. The molecule has 0 spiro atoms. The Balaban J connectivity index is 2.59. The number of amides is 1. The summed E-state index contributed by atoms with van der Waals surface area (Å²) < 4.78 is 25.9. The summed E-state index contributed by atoms with van der Waals surface area (Å²) in [6, 6.07) is 2.76. The quantitative estimate of drug-likeness (QED) is 0.793. The fourth-order valence-electron chi connectivity index (χ4n) is 1.63. The van der Waals surface area contributed by atoms with Gasteiger partial charge in [-0.25, -0.2) is 8.78 Å². The SMILES string of the molecule is CCC(CCCl)CNC(=O)c1cc(F)cc(F)c1. The molecule has 100 valence electrons. The van der Waals surface area contributed by atoms with Crippen LogP contribution in [0.4, 0.5) is 8.78 Å². The van der Waals surface area contributed by atoms with Gasteiger partial charge in [0, 0.05) is 24.1 Å². The predicted molar refractivity (Wildman–Crippen MR) is 67.8 cm³/mol. The molecule has 1 amide bonds. The fraction of sp³-hybridized carbons (Fsp3) is 0.462. The van der Waals surface area contributed by atoms with Crippen LogP contribution in [0.1, 0.15) is 30.1 Å². The van der Waals surface area contributed by atoms with Crippen LogP contribution >= 0.6 is 11.6 Å². The van der Waals surface area contributed by atoms with Gasteiger partial charge in [0.25, 0.3) is 5.91 Å². The molecule has 1 atom stereocenters. The molecular weight excluding hydrogens is 260 g/mol. The van der Waals surface area contributed by atoms with Crippen molar-refractivity contribution in [2.45, 2.75) is 19.8 Å². The number of nitrogens with one attached hydrogen (secondary N) is 1. The lowest BCUT2D eigenvalue weighted by Crippen LogP contribution is -2.29. The van der Waals surface area contributed by atoms with Crippen LogP contribution in [0.2, 0.25) is 0 Å². The molecule has 0 aliphatic carbocycles. The highest BCUT2D eigenvalue weighted by Crippen LogP contribution is 2.10. The second-order valence-electron chi connectivity index (χ2n) is 4.12. The van der Waals surface area contributed by atoms with E-state index in [1.807, 2.05) is 6.92 Å². The number of benzene rings is 1. The van der Waals surface area contributed by atoms with Crippen molar-refractivity contribution in [3.8, 4) is 0 Å². The van der Waals surface area contributed by atoms with Crippen LogP contribution in [0, 0.1) is 17.6 Å². The van der Waals surface area contributed by atoms with E-state index in [0.29, 0.717) is 12.4 Å². The Bertz CT molecular complexity index is 392. The smallest absolute Gasteiger partial charge is 0.251 e. The maximum absolute atomic E-state index is 12.9. The van der Waals surface area contributed by atoms with Gasteiger partial charge in [0.05, 0.1) is 0 Å². The third kappa shape index (κ3) is 4.61. The Morgan fingerprint density at radius 2 is 1.94 bits per heavy atom. The molecule has 0 aromatic heterocycles. The van der Waals surface area contributed by atoms with E-state index in [0.717, 1.165) is 31.0 Å². The Hall–Kier alpha value is -1.16. The zero-order valence-corrected chi connectivity index (χ0v) is 10.9. The number of rotatable bonds is 6.